The van der Waals surface area contributed by atoms with Gasteiger partial charge in [0, 0.05) is 5.56 Å². The number of hydrogen-bond acceptors (Lipinski definition) is 2. The van der Waals surface area contributed by atoms with Gasteiger partial charge in [0.15, 0.2) is 0 Å². The third kappa shape index (κ3) is 3.13. The van der Waals surface area contributed by atoms with Crippen molar-refractivity contribution < 1.29 is 14.7 Å². The van der Waals surface area contributed by atoms with E-state index in [4.69, 9.17) is 0 Å². The van der Waals surface area contributed by atoms with Crippen LogP contribution in [0.25, 0.3) is 0 Å². The Bertz CT molecular complexity index is 464. The second kappa shape index (κ2) is 6.36. The van der Waals surface area contributed by atoms with Gasteiger partial charge in [0.1, 0.15) is 5.54 Å². The Morgan fingerprint density at radius 1 is 1.16 bits per heavy atom. The van der Waals surface area contributed by atoms with Crippen LogP contribution in [-0.4, -0.2) is 22.5 Å². The largest absolute Gasteiger partial charge is 0.480 e. The molecule has 1 rings (SSSR count). The van der Waals surface area contributed by atoms with Crippen LogP contribution < -0.4 is 5.32 Å². The average molecular weight is 263 g/mol. The van der Waals surface area contributed by atoms with Crippen LogP contribution in [0.3, 0.4) is 0 Å². The van der Waals surface area contributed by atoms with Crippen LogP contribution in [0.5, 0.6) is 0 Å². The molecule has 0 aliphatic rings. The second-order valence-corrected chi connectivity index (χ2v) is 4.56. The first kappa shape index (κ1) is 15.2. The predicted molar refractivity (Wildman–Crippen MR) is 74.2 cm³/mol. The highest BCUT2D eigenvalue weighted by molar-refractivity contribution is 5.99. The number of amides is 1. The molecule has 19 heavy (non-hydrogen) atoms. The summed E-state index contributed by atoms with van der Waals surface area (Å²) in [6, 6.07) is 7.27. The van der Waals surface area contributed by atoms with Gasteiger partial charge in [-0.25, -0.2) is 4.79 Å². The summed E-state index contributed by atoms with van der Waals surface area (Å²) in [5, 5.41) is 12.0. The van der Waals surface area contributed by atoms with E-state index in [-0.39, 0.29) is 5.91 Å². The first-order chi connectivity index (χ1) is 9.00. The summed E-state index contributed by atoms with van der Waals surface area (Å²) in [6.45, 7) is 5.50. The lowest BCUT2D eigenvalue weighted by Gasteiger charge is -2.28. The summed E-state index contributed by atoms with van der Waals surface area (Å²) >= 11 is 0. The van der Waals surface area contributed by atoms with Crippen LogP contribution in [0, 0.1) is 0 Å². The Hall–Kier alpha value is -1.84. The molecule has 1 amide bonds. The zero-order chi connectivity index (χ0) is 14.5. The normalized spacial score (nSPS) is 11.1. The van der Waals surface area contributed by atoms with Crippen molar-refractivity contribution in [2.45, 2.75) is 45.6 Å². The molecule has 0 aromatic heterocycles. The van der Waals surface area contributed by atoms with Gasteiger partial charge in [0.2, 0.25) is 0 Å². The molecule has 0 unspecified atom stereocenters. The predicted octanol–water partition coefficient (Wildman–Crippen LogP) is 2.62. The molecule has 104 valence electrons. The number of carboxylic acid groups (broad SMARTS) is 1. The summed E-state index contributed by atoms with van der Waals surface area (Å²) in [5.74, 6) is -1.30. The SMILES string of the molecule is CCc1ccccc1C(=O)NC(CC)(CC)C(=O)O. The molecule has 0 aliphatic heterocycles. The van der Waals surface area contributed by atoms with Crippen LogP contribution in [0.1, 0.15) is 49.5 Å². The fourth-order valence-electron chi connectivity index (χ4n) is 2.12. The summed E-state index contributed by atoms with van der Waals surface area (Å²) in [4.78, 5) is 23.7. The van der Waals surface area contributed by atoms with E-state index in [1.165, 1.54) is 0 Å². The number of nitrogens with one attached hydrogen (secondary N) is 1. The van der Waals surface area contributed by atoms with E-state index in [0.29, 0.717) is 18.4 Å². The van der Waals surface area contributed by atoms with E-state index in [1.807, 2.05) is 19.1 Å². The number of carbonyl (C=O) groups is 2. The van der Waals surface area contributed by atoms with Crippen molar-refractivity contribution in [3.8, 4) is 0 Å². The number of benzene rings is 1. The molecule has 4 nitrogen and oxygen atoms in total. The van der Waals surface area contributed by atoms with Gasteiger partial charge in [-0.05, 0) is 30.9 Å². The number of aliphatic carboxylic acids is 1. The molecule has 1 aromatic carbocycles. The molecule has 0 aliphatic carbocycles. The fraction of sp³-hybridized carbons (Fsp3) is 0.467. The maximum absolute atomic E-state index is 12.3. The van der Waals surface area contributed by atoms with Crippen molar-refractivity contribution in [3.63, 3.8) is 0 Å². The molecule has 0 saturated heterocycles. The smallest absolute Gasteiger partial charge is 0.329 e. The molecule has 1 aromatic rings. The van der Waals surface area contributed by atoms with Gasteiger partial charge in [0.05, 0.1) is 0 Å². The van der Waals surface area contributed by atoms with Gasteiger partial charge in [-0.1, -0.05) is 39.0 Å². The van der Waals surface area contributed by atoms with Crippen LogP contribution in [-0.2, 0) is 11.2 Å². The van der Waals surface area contributed by atoms with Crippen molar-refractivity contribution >= 4 is 11.9 Å². The van der Waals surface area contributed by atoms with Crippen molar-refractivity contribution in [2.75, 3.05) is 0 Å². The Kier molecular flexibility index (Phi) is 5.10. The first-order valence-electron chi connectivity index (χ1n) is 6.64. The number of carboxylic acids is 1. The Balaban J connectivity index is 3.04. The second-order valence-electron chi connectivity index (χ2n) is 4.56. The molecule has 0 bridgehead atoms. The van der Waals surface area contributed by atoms with Crippen LogP contribution in [0.15, 0.2) is 24.3 Å². The zero-order valence-electron chi connectivity index (χ0n) is 11.7. The summed E-state index contributed by atoms with van der Waals surface area (Å²) in [6.07, 6.45) is 1.46. The summed E-state index contributed by atoms with van der Waals surface area (Å²) in [7, 11) is 0. The number of hydrogen-bond donors (Lipinski definition) is 2. The zero-order valence-corrected chi connectivity index (χ0v) is 11.7. The molecule has 0 fully saturated rings. The first-order valence-corrected chi connectivity index (χ1v) is 6.64. The third-order valence-electron chi connectivity index (χ3n) is 3.61. The van der Waals surface area contributed by atoms with E-state index in [0.717, 1.165) is 12.0 Å². The maximum atomic E-state index is 12.3. The highest BCUT2D eigenvalue weighted by Crippen LogP contribution is 2.18. The highest BCUT2D eigenvalue weighted by atomic mass is 16.4. The molecule has 4 heteroatoms. The van der Waals surface area contributed by atoms with Gasteiger partial charge in [-0.3, -0.25) is 4.79 Å². The van der Waals surface area contributed by atoms with E-state index in [1.54, 1.807) is 26.0 Å². The monoisotopic (exact) mass is 263 g/mol. The Morgan fingerprint density at radius 3 is 2.21 bits per heavy atom. The van der Waals surface area contributed by atoms with Gasteiger partial charge >= 0.3 is 5.97 Å². The maximum Gasteiger partial charge on any atom is 0.329 e. The van der Waals surface area contributed by atoms with Crippen molar-refractivity contribution in [3.05, 3.63) is 35.4 Å². The van der Waals surface area contributed by atoms with Gasteiger partial charge in [-0.2, -0.15) is 0 Å². The highest BCUT2D eigenvalue weighted by Gasteiger charge is 2.36. The standard InChI is InChI=1S/C15H21NO3/c1-4-11-9-7-8-10-12(11)13(17)16-15(5-2,6-3)14(18)19/h7-10H,4-6H2,1-3H3,(H,16,17)(H,18,19). The van der Waals surface area contributed by atoms with Gasteiger partial charge < -0.3 is 10.4 Å². The number of rotatable bonds is 6. The average Bonchev–Trinajstić information content (AvgIpc) is 2.44. The van der Waals surface area contributed by atoms with Crippen LogP contribution >= 0.6 is 0 Å². The molecular formula is C15H21NO3. The Morgan fingerprint density at radius 2 is 1.74 bits per heavy atom. The molecular weight excluding hydrogens is 242 g/mol. The number of carbonyl (C=O) groups excluding carboxylic acids is 1. The minimum absolute atomic E-state index is 0.316. The van der Waals surface area contributed by atoms with Crippen LogP contribution in [0.2, 0.25) is 0 Å². The fourth-order valence-corrected chi connectivity index (χ4v) is 2.12. The lowest BCUT2D eigenvalue weighted by atomic mass is 9.92. The molecule has 2 N–H and O–H groups in total. The quantitative estimate of drug-likeness (QED) is 0.829. The minimum Gasteiger partial charge on any atom is -0.480 e. The molecule has 0 saturated carbocycles. The van der Waals surface area contributed by atoms with Gasteiger partial charge in [0.25, 0.3) is 5.91 Å². The molecule has 0 radical (unpaired) electrons. The van der Waals surface area contributed by atoms with E-state index < -0.39 is 11.5 Å². The van der Waals surface area contributed by atoms with Crippen LogP contribution in [0.4, 0.5) is 0 Å². The minimum atomic E-state index is -1.18. The lowest BCUT2D eigenvalue weighted by molar-refractivity contribution is -0.144. The van der Waals surface area contributed by atoms with Gasteiger partial charge in [-0.15, -0.1) is 0 Å². The summed E-state index contributed by atoms with van der Waals surface area (Å²) < 4.78 is 0. The van der Waals surface area contributed by atoms with E-state index in [9.17, 15) is 14.7 Å². The van der Waals surface area contributed by atoms with Crippen molar-refractivity contribution in [1.29, 1.82) is 0 Å². The van der Waals surface area contributed by atoms with E-state index >= 15 is 0 Å². The van der Waals surface area contributed by atoms with Crippen molar-refractivity contribution in [2.24, 2.45) is 0 Å². The lowest BCUT2D eigenvalue weighted by Crippen LogP contribution is -2.53. The number of aryl methyl sites for hydroxylation is 1. The van der Waals surface area contributed by atoms with Crippen molar-refractivity contribution in [1.82, 2.24) is 5.32 Å². The molecule has 0 spiro atoms. The van der Waals surface area contributed by atoms with E-state index in [2.05, 4.69) is 5.32 Å². The summed E-state index contributed by atoms with van der Waals surface area (Å²) in [5.41, 5.74) is 0.293. The molecule has 0 heterocycles. The topological polar surface area (TPSA) is 66.4 Å². The third-order valence-corrected chi connectivity index (χ3v) is 3.61. The molecule has 0 atom stereocenters. The Labute approximate surface area is 113 Å².